The summed E-state index contributed by atoms with van der Waals surface area (Å²) in [5.74, 6) is 0.701. The third-order valence-corrected chi connectivity index (χ3v) is 6.67. The van der Waals surface area contributed by atoms with Gasteiger partial charge >= 0.3 is 0 Å². The molecule has 2 heterocycles. The molecule has 7 heteroatoms. The Balaban J connectivity index is 1.85. The molecule has 1 amide bonds. The monoisotopic (exact) mass is 409 g/mol. The van der Waals surface area contributed by atoms with Gasteiger partial charge in [-0.1, -0.05) is 30.3 Å². The molecule has 0 unspecified atom stereocenters. The van der Waals surface area contributed by atoms with Gasteiger partial charge in [0.25, 0.3) is 5.56 Å². The summed E-state index contributed by atoms with van der Waals surface area (Å²) in [5, 5.41) is -0.493. The van der Waals surface area contributed by atoms with E-state index in [1.165, 1.54) is 0 Å². The van der Waals surface area contributed by atoms with E-state index < -0.39 is 0 Å². The average molecular weight is 410 g/mol. The molecule has 150 valence electrons. The fourth-order valence-electron chi connectivity index (χ4n) is 3.68. The molecule has 4 rings (SSSR count). The van der Waals surface area contributed by atoms with Crippen LogP contribution in [-0.2, 0) is 11.8 Å². The molecule has 1 aromatic heterocycles. The van der Waals surface area contributed by atoms with Gasteiger partial charge in [0.2, 0.25) is 5.91 Å². The molecular weight excluding hydrogens is 386 g/mol. The van der Waals surface area contributed by atoms with Crippen LogP contribution >= 0.6 is 11.8 Å². The predicted octanol–water partition coefficient (Wildman–Crippen LogP) is 3.66. The number of hydrogen-bond donors (Lipinski definition) is 0. The van der Waals surface area contributed by atoms with Crippen LogP contribution < -0.4 is 15.2 Å². The van der Waals surface area contributed by atoms with Crippen LogP contribution in [0, 0.1) is 6.92 Å². The maximum absolute atomic E-state index is 13.4. The predicted molar refractivity (Wildman–Crippen MR) is 116 cm³/mol. The quantitative estimate of drug-likeness (QED) is 0.660. The van der Waals surface area contributed by atoms with Crippen molar-refractivity contribution < 1.29 is 9.53 Å². The van der Waals surface area contributed by atoms with Crippen molar-refractivity contribution in [2.45, 2.75) is 24.5 Å². The molecule has 0 N–H and O–H groups in total. The number of carbonyl (C=O) groups excluding carboxylic acids is 1. The zero-order chi connectivity index (χ0) is 20.7. The van der Waals surface area contributed by atoms with Crippen molar-refractivity contribution in [2.24, 2.45) is 7.05 Å². The minimum atomic E-state index is -0.263. The lowest BCUT2D eigenvalue weighted by Gasteiger charge is -2.23. The van der Waals surface area contributed by atoms with E-state index in [1.807, 2.05) is 75.5 Å². The van der Waals surface area contributed by atoms with E-state index in [4.69, 9.17) is 4.74 Å². The van der Waals surface area contributed by atoms with E-state index in [0.717, 1.165) is 22.7 Å². The van der Waals surface area contributed by atoms with Gasteiger partial charge in [-0.15, -0.1) is 11.8 Å². The maximum atomic E-state index is 13.4. The number of methoxy groups -OCH3 is 1. The van der Waals surface area contributed by atoms with Gasteiger partial charge in [-0.2, -0.15) is 0 Å². The third-order valence-electron chi connectivity index (χ3n) is 5.32. The van der Waals surface area contributed by atoms with E-state index in [0.29, 0.717) is 5.69 Å². The first-order valence-electron chi connectivity index (χ1n) is 9.40. The molecule has 6 nitrogen and oxygen atoms in total. The first kappa shape index (κ1) is 19.4. The highest BCUT2D eigenvalue weighted by molar-refractivity contribution is 8.01. The Hall–Kier alpha value is -2.93. The van der Waals surface area contributed by atoms with E-state index in [-0.39, 0.29) is 22.1 Å². The maximum Gasteiger partial charge on any atom is 0.295 e. The number of amides is 1. The van der Waals surface area contributed by atoms with E-state index in [1.54, 1.807) is 33.1 Å². The summed E-state index contributed by atoms with van der Waals surface area (Å²) in [4.78, 5) is 28.2. The lowest BCUT2D eigenvalue weighted by Crippen LogP contribution is -2.34. The van der Waals surface area contributed by atoms with Crippen LogP contribution in [0.25, 0.3) is 5.69 Å². The van der Waals surface area contributed by atoms with Gasteiger partial charge in [0, 0.05) is 7.05 Å². The number of carbonyl (C=O) groups is 1. The van der Waals surface area contributed by atoms with E-state index >= 15 is 0 Å². The normalized spacial score (nSPS) is 19.0. The second-order valence-corrected chi connectivity index (χ2v) is 8.45. The highest BCUT2D eigenvalue weighted by atomic mass is 32.2. The number of aromatic nitrogens is 2. The Labute approximate surface area is 173 Å². The molecule has 29 heavy (non-hydrogen) atoms. The molecule has 1 fully saturated rings. The molecule has 0 saturated carbocycles. The topological polar surface area (TPSA) is 56.5 Å². The van der Waals surface area contributed by atoms with Crippen molar-refractivity contribution in [2.75, 3.05) is 12.0 Å². The highest BCUT2D eigenvalue weighted by Gasteiger charge is 2.42. The molecule has 0 bridgehead atoms. The minimum absolute atomic E-state index is 0.0539. The first-order valence-corrected chi connectivity index (χ1v) is 10.3. The Kier molecular flexibility index (Phi) is 5.00. The van der Waals surface area contributed by atoms with Crippen molar-refractivity contribution in [3.8, 4) is 11.4 Å². The van der Waals surface area contributed by atoms with Crippen LogP contribution in [0.1, 0.15) is 23.6 Å². The largest absolute Gasteiger partial charge is 0.497 e. The number of rotatable bonds is 4. The lowest BCUT2D eigenvalue weighted by atomic mass is 10.1. The van der Waals surface area contributed by atoms with Gasteiger partial charge in [0.05, 0.1) is 23.7 Å². The standard InChI is InChI=1S/C22H23N3O3S/c1-14-19(21(27)25(23(14)3)17-8-6-5-7-9-17)24-20(26)15(2)29-22(24)16-10-12-18(28-4)13-11-16/h5-13,15,22H,1-4H3/t15-,22+/m0/s1. The zero-order valence-corrected chi connectivity index (χ0v) is 17.6. The summed E-state index contributed by atoms with van der Waals surface area (Å²) in [6, 6.07) is 17.1. The van der Waals surface area contributed by atoms with Crippen molar-refractivity contribution >= 4 is 23.4 Å². The van der Waals surface area contributed by atoms with Crippen molar-refractivity contribution in [3.05, 3.63) is 76.2 Å². The van der Waals surface area contributed by atoms with Crippen LogP contribution in [0.15, 0.2) is 59.4 Å². The number of benzene rings is 2. The number of anilines is 1. The lowest BCUT2D eigenvalue weighted by molar-refractivity contribution is -0.117. The molecule has 0 aliphatic carbocycles. The van der Waals surface area contributed by atoms with Crippen LogP contribution in [0.2, 0.25) is 0 Å². The molecule has 1 aliphatic rings. The number of ether oxygens (including phenoxy) is 1. The smallest absolute Gasteiger partial charge is 0.295 e. The Morgan fingerprint density at radius 1 is 1.00 bits per heavy atom. The second kappa shape index (κ2) is 7.48. The van der Waals surface area contributed by atoms with E-state index in [2.05, 4.69) is 0 Å². The third kappa shape index (κ3) is 3.15. The molecule has 0 spiro atoms. The van der Waals surface area contributed by atoms with Gasteiger partial charge in [0.1, 0.15) is 16.8 Å². The number of nitrogens with zero attached hydrogens (tertiary/aromatic N) is 3. The Bertz CT molecular complexity index is 1100. The van der Waals surface area contributed by atoms with Crippen molar-refractivity contribution in [1.82, 2.24) is 9.36 Å². The van der Waals surface area contributed by atoms with Gasteiger partial charge in [-0.05, 0) is 43.7 Å². The summed E-state index contributed by atoms with van der Waals surface area (Å²) in [5.41, 5.74) is 2.71. The molecule has 1 saturated heterocycles. The number of thioether (sulfide) groups is 1. The molecular formula is C22H23N3O3S. The van der Waals surface area contributed by atoms with Crippen LogP contribution in [-0.4, -0.2) is 27.6 Å². The fourth-order valence-corrected chi connectivity index (χ4v) is 4.94. The Morgan fingerprint density at radius 3 is 2.28 bits per heavy atom. The summed E-state index contributed by atoms with van der Waals surface area (Å²) in [6.45, 7) is 3.76. The van der Waals surface area contributed by atoms with Gasteiger partial charge in [0.15, 0.2) is 0 Å². The number of para-hydroxylation sites is 1. The highest BCUT2D eigenvalue weighted by Crippen LogP contribution is 2.45. The molecule has 0 radical (unpaired) electrons. The van der Waals surface area contributed by atoms with Gasteiger partial charge < -0.3 is 4.74 Å². The van der Waals surface area contributed by atoms with Gasteiger partial charge in [-0.25, -0.2) is 4.68 Å². The van der Waals surface area contributed by atoms with Crippen LogP contribution in [0.4, 0.5) is 5.69 Å². The summed E-state index contributed by atoms with van der Waals surface area (Å²) in [7, 11) is 3.46. The number of hydrogen-bond acceptors (Lipinski definition) is 4. The summed E-state index contributed by atoms with van der Waals surface area (Å²) in [6.07, 6.45) is 0. The molecule has 2 aromatic carbocycles. The van der Waals surface area contributed by atoms with E-state index in [9.17, 15) is 9.59 Å². The minimum Gasteiger partial charge on any atom is -0.497 e. The molecule has 3 aromatic rings. The fraction of sp³-hybridized carbons (Fsp3) is 0.273. The van der Waals surface area contributed by atoms with Gasteiger partial charge in [-0.3, -0.25) is 19.2 Å². The summed E-state index contributed by atoms with van der Waals surface area (Å²) >= 11 is 1.55. The van der Waals surface area contributed by atoms with Crippen molar-refractivity contribution in [3.63, 3.8) is 0 Å². The SMILES string of the molecule is COc1ccc([C@H]2S[C@@H](C)C(=O)N2c2c(C)n(C)n(-c3ccccc3)c2=O)cc1. The van der Waals surface area contributed by atoms with Crippen LogP contribution in [0.5, 0.6) is 5.75 Å². The molecule has 1 aliphatic heterocycles. The van der Waals surface area contributed by atoms with Crippen LogP contribution in [0.3, 0.4) is 0 Å². The zero-order valence-electron chi connectivity index (χ0n) is 16.8. The average Bonchev–Trinajstić information content (AvgIpc) is 3.15. The van der Waals surface area contributed by atoms with Crippen molar-refractivity contribution in [1.29, 1.82) is 0 Å². The second-order valence-electron chi connectivity index (χ2n) is 7.02. The summed E-state index contributed by atoms with van der Waals surface area (Å²) < 4.78 is 8.66. The Morgan fingerprint density at radius 2 is 1.66 bits per heavy atom. The first-order chi connectivity index (χ1) is 13.9. The molecule has 2 atom stereocenters.